The van der Waals surface area contributed by atoms with E-state index >= 15 is 0 Å². The predicted molar refractivity (Wildman–Crippen MR) is 111 cm³/mol. The molecule has 0 amide bonds. The Morgan fingerprint density at radius 3 is 2.20 bits per heavy atom. The van der Waals surface area contributed by atoms with E-state index in [-0.39, 0.29) is 0 Å². The summed E-state index contributed by atoms with van der Waals surface area (Å²) >= 11 is 7.14. The van der Waals surface area contributed by atoms with E-state index < -0.39 is 0 Å². The highest BCUT2D eigenvalue weighted by atomic mass is 79.9. The monoisotopic (exact) mass is 454 g/mol. The lowest BCUT2D eigenvalue weighted by Crippen LogP contribution is -1.98. The van der Waals surface area contributed by atoms with Crippen molar-refractivity contribution in [2.45, 2.75) is 13.8 Å². The van der Waals surface area contributed by atoms with Crippen LogP contribution in [0.3, 0.4) is 0 Å². The third-order valence-corrected chi connectivity index (χ3v) is 5.72. The van der Waals surface area contributed by atoms with Crippen molar-refractivity contribution < 1.29 is 0 Å². The maximum absolute atomic E-state index is 9.63. The molecule has 0 radical (unpaired) electrons. The topological polar surface area (TPSA) is 28.7 Å². The molecule has 0 N–H and O–H groups in total. The van der Waals surface area contributed by atoms with Crippen molar-refractivity contribution >= 4 is 43.5 Å². The van der Waals surface area contributed by atoms with E-state index in [1.54, 1.807) is 0 Å². The van der Waals surface area contributed by atoms with E-state index in [2.05, 4.69) is 68.5 Å². The summed E-state index contributed by atoms with van der Waals surface area (Å²) in [5.41, 5.74) is 5.90. The number of hydrogen-bond acceptors (Lipinski definition) is 1. The second kappa shape index (κ2) is 7.43. The van der Waals surface area contributed by atoms with Gasteiger partial charge in [0.05, 0.1) is 11.6 Å². The van der Waals surface area contributed by atoms with E-state index in [1.165, 1.54) is 0 Å². The molecule has 4 heteroatoms. The summed E-state index contributed by atoms with van der Waals surface area (Å²) in [5, 5.41) is 9.63. The summed E-state index contributed by atoms with van der Waals surface area (Å²) in [6, 6.07) is 20.3. The highest BCUT2D eigenvalue weighted by Crippen LogP contribution is 2.33. The molecule has 3 rings (SSSR count). The van der Waals surface area contributed by atoms with Gasteiger partial charge in [0.2, 0.25) is 0 Å². The van der Waals surface area contributed by atoms with Crippen LogP contribution in [0.15, 0.2) is 63.5 Å². The Morgan fingerprint density at radius 2 is 1.60 bits per heavy atom. The summed E-state index contributed by atoms with van der Waals surface area (Å²) < 4.78 is 4.21. The van der Waals surface area contributed by atoms with Crippen LogP contribution in [0.4, 0.5) is 0 Å². The van der Waals surface area contributed by atoms with Crippen molar-refractivity contribution in [2.75, 3.05) is 0 Å². The van der Waals surface area contributed by atoms with Crippen molar-refractivity contribution in [2.24, 2.45) is 0 Å². The molecule has 0 fully saturated rings. The first-order valence-electron chi connectivity index (χ1n) is 7.83. The lowest BCUT2D eigenvalue weighted by atomic mass is 10.0. The first kappa shape index (κ1) is 17.7. The second-order valence-electron chi connectivity index (χ2n) is 5.75. The lowest BCUT2D eigenvalue weighted by Gasteiger charge is -2.09. The zero-order chi connectivity index (χ0) is 18.0. The van der Waals surface area contributed by atoms with Gasteiger partial charge in [0.1, 0.15) is 0 Å². The van der Waals surface area contributed by atoms with Crippen molar-refractivity contribution in [3.63, 3.8) is 0 Å². The van der Waals surface area contributed by atoms with E-state index in [0.29, 0.717) is 5.57 Å². The van der Waals surface area contributed by atoms with E-state index in [0.717, 1.165) is 37.1 Å². The van der Waals surface area contributed by atoms with Crippen LogP contribution in [0.2, 0.25) is 0 Å². The fourth-order valence-electron chi connectivity index (χ4n) is 2.91. The van der Waals surface area contributed by atoms with E-state index in [4.69, 9.17) is 0 Å². The average molecular weight is 456 g/mol. The normalized spacial score (nSPS) is 11.4. The Kier molecular flexibility index (Phi) is 5.27. The third-order valence-electron chi connectivity index (χ3n) is 4.19. The van der Waals surface area contributed by atoms with Gasteiger partial charge in [-0.05, 0) is 65.7 Å². The summed E-state index contributed by atoms with van der Waals surface area (Å²) in [7, 11) is 0. The minimum absolute atomic E-state index is 0.640. The van der Waals surface area contributed by atoms with Gasteiger partial charge in [-0.25, -0.2) is 0 Å². The van der Waals surface area contributed by atoms with Crippen LogP contribution in [0, 0.1) is 25.2 Å². The SMILES string of the molecule is Cc1c(Br)c(/C=C(/C#N)c2ccc(Br)cc2)c(C)n1-c1ccccc1. The maximum Gasteiger partial charge on any atom is 0.0998 e. The molecule has 2 aromatic carbocycles. The molecular weight excluding hydrogens is 440 g/mol. The number of nitrogens with zero attached hydrogens (tertiary/aromatic N) is 2. The molecule has 0 aliphatic rings. The van der Waals surface area contributed by atoms with Crippen LogP contribution in [-0.4, -0.2) is 4.57 Å². The van der Waals surface area contributed by atoms with Gasteiger partial charge >= 0.3 is 0 Å². The zero-order valence-corrected chi connectivity index (χ0v) is 17.1. The Hall–Kier alpha value is -2.09. The molecule has 25 heavy (non-hydrogen) atoms. The molecule has 124 valence electrons. The predicted octanol–water partition coefficient (Wildman–Crippen LogP) is 6.68. The lowest BCUT2D eigenvalue weighted by molar-refractivity contribution is 0.962. The van der Waals surface area contributed by atoms with Crippen molar-refractivity contribution in [1.29, 1.82) is 5.26 Å². The van der Waals surface area contributed by atoms with Gasteiger partial charge in [-0.2, -0.15) is 5.26 Å². The molecule has 3 aromatic rings. The average Bonchev–Trinajstić information content (AvgIpc) is 2.84. The first-order valence-corrected chi connectivity index (χ1v) is 9.42. The highest BCUT2D eigenvalue weighted by molar-refractivity contribution is 9.10. The Labute approximate surface area is 164 Å². The van der Waals surface area contributed by atoms with Gasteiger partial charge in [0, 0.05) is 31.6 Å². The largest absolute Gasteiger partial charge is 0.317 e. The third kappa shape index (κ3) is 3.49. The molecule has 0 bridgehead atoms. The zero-order valence-electron chi connectivity index (χ0n) is 13.9. The Balaban J connectivity index is 2.15. The fourth-order valence-corrected chi connectivity index (χ4v) is 3.75. The fraction of sp³-hybridized carbons (Fsp3) is 0.0952. The molecule has 0 saturated heterocycles. The standard InChI is InChI=1S/C21H16Br2N2/c1-14-20(12-17(13-24)16-8-10-18(22)11-9-16)21(23)15(2)25(14)19-6-4-3-5-7-19/h3-12H,1-2H3/b17-12-. The maximum atomic E-state index is 9.63. The van der Waals surface area contributed by atoms with Gasteiger partial charge in [0.25, 0.3) is 0 Å². The number of hydrogen-bond donors (Lipinski definition) is 0. The molecule has 0 aliphatic carbocycles. The van der Waals surface area contributed by atoms with Gasteiger partial charge in [-0.1, -0.05) is 46.3 Å². The molecular formula is C21H16Br2N2. The number of para-hydroxylation sites is 1. The van der Waals surface area contributed by atoms with Crippen LogP contribution in [0.1, 0.15) is 22.5 Å². The van der Waals surface area contributed by atoms with Crippen LogP contribution in [0.25, 0.3) is 17.3 Å². The smallest absolute Gasteiger partial charge is 0.0998 e. The van der Waals surface area contributed by atoms with Gasteiger partial charge < -0.3 is 4.57 Å². The molecule has 0 spiro atoms. The minimum atomic E-state index is 0.640. The van der Waals surface area contributed by atoms with E-state index in [9.17, 15) is 5.26 Å². The van der Waals surface area contributed by atoms with Crippen molar-refractivity contribution in [3.05, 3.63) is 86.1 Å². The van der Waals surface area contributed by atoms with Gasteiger partial charge in [-0.15, -0.1) is 0 Å². The van der Waals surface area contributed by atoms with Crippen LogP contribution >= 0.6 is 31.9 Å². The number of halogens is 2. The molecule has 0 aliphatic heterocycles. The van der Waals surface area contributed by atoms with Crippen LogP contribution in [-0.2, 0) is 0 Å². The number of allylic oxidation sites excluding steroid dienone is 1. The van der Waals surface area contributed by atoms with Gasteiger partial charge in [0.15, 0.2) is 0 Å². The van der Waals surface area contributed by atoms with Gasteiger partial charge in [-0.3, -0.25) is 0 Å². The van der Waals surface area contributed by atoms with Crippen LogP contribution < -0.4 is 0 Å². The molecule has 0 atom stereocenters. The number of benzene rings is 2. The van der Waals surface area contributed by atoms with Crippen molar-refractivity contribution in [1.82, 2.24) is 4.57 Å². The summed E-state index contributed by atoms with van der Waals surface area (Å²) in [6.45, 7) is 4.15. The Bertz CT molecular complexity index is 975. The molecule has 1 aromatic heterocycles. The quantitative estimate of drug-likeness (QED) is 0.404. The summed E-state index contributed by atoms with van der Waals surface area (Å²) in [5.74, 6) is 0. The molecule has 0 saturated carbocycles. The van der Waals surface area contributed by atoms with Crippen molar-refractivity contribution in [3.8, 4) is 11.8 Å². The number of rotatable bonds is 3. The number of nitriles is 1. The minimum Gasteiger partial charge on any atom is -0.317 e. The first-order chi connectivity index (χ1) is 12.0. The second-order valence-corrected chi connectivity index (χ2v) is 7.45. The Morgan fingerprint density at radius 1 is 0.960 bits per heavy atom. The summed E-state index contributed by atoms with van der Waals surface area (Å²) in [4.78, 5) is 0. The number of aromatic nitrogens is 1. The van der Waals surface area contributed by atoms with Crippen LogP contribution in [0.5, 0.6) is 0 Å². The molecule has 2 nitrogen and oxygen atoms in total. The highest BCUT2D eigenvalue weighted by Gasteiger charge is 2.16. The molecule has 0 unspecified atom stereocenters. The molecule has 1 heterocycles. The van der Waals surface area contributed by atoms with E-state index in [1.807, 2.05) is 48.5 Å². The summed E-state index contributed by atoms with van der Waals surface area (Å²) in [6.07, 6.45) is 1.95.